The van der Waals surface area contributed by atoms with E-state index in [9.17, 15) is 32.7 Å². The number of nitrogens with one attached hydrogen (secondary N) is 2. The molecule has 12 nitrogen and oxygen atoms in total. The molecule has 3 fully saturated rings. The van der Waals surface area contributed by atoms with Gasteiger partial charge in [0, 0.05) is 42.1 Å². The zero-order chi connectivity index (χ0) is 40.1. The Morgan fingerprint density at radius 2 is 1.25 bits per heavy atom. The Hall–Kier alpha value is -3.53. The first-order valence-corrected chi connectivity index (χ1v) is 21.2. The van der Waals surface area contributed by atoms with Gasteiger partial charge in [-0.05, 0) is 142 Å². The molecule has 0 bridgehead atoms. The number of benzene rings is 4. The number of carbonyl (C=O) groups is 4. The summed E-state index contributed by atoms with van der Waals surface area (Å²) in [4.78, 5) is 52.7. The van der Waals surface area contributed by atoms with Gasteiger partial charge in [0.2, 0.25) is 10.0 Å². The van der Waals surface area contributed by atoms with Gasteiger partial charge in [0.15, 0.2) is 0 Å². The molecule has 15 heteroatoms. The Morgan fingerprint density at radius 3 is 1.83 bits per heavy atom. The quantitative estimate of drug-likeness (QED) is 0.109. The number of aliphatic carboxylic acids is 1. The molecule has 7 rings (SSSR count). The molecule has 59 heavy (non-hydrogen) atoms. The van der Waals surface area contributed by atoms with Crippen LogP contribution in [0, 0.1) is 5.92 Å². The molecule has 1 aliphatic heterocycles. The number of amides is 2. The van der Waals surface area contributed by atoms with Gasteiger partial charge in [-0.2, -0.15) is 4.31 Å². The van der Waals surface area contributed by atoms with E-state index >= 15 is 0 Å². The maximum absolute atomic E-state index is 14.1. The van der Waals surface area contributed by atoms with Crippen LogP contribution in [0.4, 0.5) is 17.1 Å². The number of carbonyl (C=O) groups excluding carboxylic acids is 2. The fourth-order valence-electron chi connectivity index (χ4n) is 7.94. The van der Waals surface area contributed by atoms with Gasteiger partial charge >= 0.3 is 71.1 Å². The molecule has 0 radical (unpaired) electrons. The number of hydrogen-bond donors (Lipinski definition) is 4. The van der Waals surface area contributed by atoms with Gasteiger partial charge in [-0.25, -0.2) is 13.2 Å². The van der Waals surface area contributed by atoms with Crippen LogP contribution in [0.25, 0.3) is 0 Å². The van der Waals surface area contributed by atoms with E-state index in [1.165, 1.54) is 12.1 Å². The molecule has 2 amide bonds. The molecule has 4 aromatic carbocycles. The van der Waals surface area contributed by atoms with Crippen molar-refractivity contribution in [3.05, 3.63) is 119 Å². The van der Waals surface area contributed by atoms with Crippen molar-refractivity contribution in [1.29, 1.82) is 0 Å². The number of aryl methyl sites for hydroxylation is 2. The average Bonchev–Trinajstić information content (AvgIpc) is 4.06. The predicted molar refractivity (Wildman–Crippen MR) is 232 cm³/mol. The average molecular weight is 841 g/mol. The zero-order valence-electron chi connectivity index (χ0n) is 31.7. The van der Waals surface area contributed by atoms with Crippen molar-refractivity contribution in [1.82, 2.24) is 4.31 Å². The predicted octanol–water partition coefficient (Wildman–Crippen LogP) is 6.16. The Bertz CT molecular complexity index is 2240. The van der Waals surface area contributed by atoms with E-state index in [4.69, 9.17) is 5.11 Å². The summed E-state index contributed by atoms with van der Waals surface area (Å²) in [6, 6.07) is 25.2. The first-order valence-electron chi connectivity index (χ1n) is 19.8. The minimum absolute atomic E-state index is 0. The normalized spacial score (nSPS) is 17.9. The first-order chi connectivity index (χ1) is 27.5. The van der Waals surface area contributed by atoms with E-state index in [1.807, 2.05) is 42.5 Å². The zero-order valence-corrected chi connectivity index (χ0v) is 32.5. The number of nitrogens with zero attached hydrogens (tertiary/aromatic N) is 2. The second kappa shape index (κ2) is 20.8. The molecule has 3 aliphatic rings. The van der Waals surface area contributed by atoms with Gasteiger partial charge in [-0.15, -0.1) is 0 Å². The van der Waals surface area contributed by atoms with Crippen LogP contribution in [0.5, 0.6) is 0 Å². The van der Waals surface area contributed by atoms with Crippen LogP contribution >= 0.6 is 0 Å². The molecule has 0 atom stereocenters. The molecule has 1 saturated heterocycles. The SMILES string of the molecule is O=C(O)c1ccc(CCc2ccc(NC(=O)c3cc(N4CCCCC4)ccc3NC(=O)c3cccc(S(=O)(=O)N(C4CCC(C(=O)O)CC4)C4CC4)c3)cc2)cc1.[NaH].[NaH]. The van der Waals surface area contributed by atoms with Crippen LogP contribution in [0.1, 0.15) is 100.0 Å². The number of carboxylic acids is 2. The summed E-state index contributed by atoms with van der Waals surface area (Å²) in [6.07, 6.45) is 7.96. The Morgan fingerprint density at radius 1 is 0.661 bits per heavy atom. The van der Waals surface area contributed by atoms with Crippen LogP contribution in [-0.4, -0.2) is 131 Å². The topological polar surface area (TPSA) is 173 Å². The van der Waals surface area contributed by atoms with Gasteiger partial charge in [-0.3, -0.25) is 14.4 Å². The van der Waals surface area contributed by atoms with Crippen molar-refractivity contribution < 1.29 is 37.8 Å². The summed E-state index contributed by atoms with van der Waals surface area (Å²) in [7, 11) is -3.99. The van der Waals surface area contributed by atoms with Crippen molar-refractivity contribution >= 4 is 110 Å². The summed E-state index contributed by atoms with van der Waals surface area (Å²) in [5.74, 6) is -3.25. The number of piperidine rings is 1. The van der Waals surface area contributed by atoms with Crippen molar-refractivity contribution in [2.24, 2.45) is 5.92 Å². The molecule has 1 heterocycles. The van der Waals surface area contributed by atoms with Crippen LogP contribution < -0.4 is 15.5 Å². The number of carboxylic acid groups (broad SMARTS) is 2. The van der Waals surface area contributed by atoms with Gasteiger partial charge < -0.3 is 25.7 Å². The van der Waals surface area contributed by atoms with E-state index in [1.54, 1.807) is 40.7 Å². The van der Waals surface area contributed by atoms with Crippen molar-refractivity contribution in [3.8, 4) is 0 Å². The van der Waals surface area contributed by atoms with E-state index in [0.717, 1.165) is 74.8 Å². The summed E-state index contributed by atoms with van der Waals surface area (Å²) >= 11 is 0. The van der Waals surface area contributed by atoms with Crippen molar-refractivity contribution in [3.63, 3.8) is 0 Å². The van der Waals surface area contributed by atoms with E-state index in [0.29, 0.717) is 31.4 Å². The van der Waals surface area contributed by atoms with Crippen LogP contribution in [0.15, 0.2) is 95.9 Å². The van der Waals surface area contributed by atoms with E-state index < -0.39 is 39.7 Å². The first kappa shape index (κ1) is 46.5. The third-order valence-electron chi connectivity index (χ3n) is 11.3. The van der Waals surface area contributed by atoms with Gasteiger partial charge in [0.1, 0.15) is 0 Å². The summed E-state index contributed by atoms with van der Waals surface area (Å²) in [5.41, 5.74) is 4.43. The number of rotatable bonds is 14. The standard InChI is InChI=1S/C44H48N4O8S.2Na.2H/c49-41(33-5-4-6-38(27-33)57(55,56)48(36-21-22-36)35-19-15-32(16-20-35)44(53)54)46-40-24-23-37(47-25-2-1-3-26-47)28-39(40)42(50)45-34-17-11-30(12-18-34)8-7-29-9-13-31(14-10-29)43(51)52;;;;/h4-6,9-14,17-18,23-24,27-28,32,35-36H,1-3,7-8,15-16,19-22,25-26H2,(H,45,50)(H,46,49)(H,51,52)(H,53,54);;;;. The third-order valence-corrected chi connectivity index (χ3v) is 13.3. The molecule has 4 N–H and O–H groups in total. The molecule has 0 aromatic heterocycles. The number of hydrogen-bond acceptors (Lipinski definition) is 7. The molecule has 0 spiro atoms. The maximum atomic E-state index is 14.1. The molecule has 2 aliphatic carbocycles. The summed E-state index contributed by atoms with van der Waals surface area (Å²) < 4.78 is 29.8. The number of anilines is 3. The van der Waals surface area contributed by atoms with Crippen LogP contribution in [0.3, 0.4) is 0 Å². The molecule has 4 aromatic rings. The Kier molecular flexibility index (Phi) is 16.4. The summed E-state index contributed by atoms with van der Waals surface area (Å²) in [6.45, 7) is 1.72. The van der Waals surface area contributed by atoms with E-state index in [-0.39, 0.29) is 98.5 Å². The fraction of sp³-hybridized carbons (Fsp3) is 0.364. The van der Waals surface area contributed by atoms with Gasteiger partial charge in [0.05, 0.1) is 27.6 Å². The van der Waals surface area contributed by atoms with Crippen molar-refractivity contribution in [2.45, 2.75) is 87.6 Å². The van der Waals surface area contributed by atoms with Crippen LogP contribution in [0.2, 0.25) is 0 Å². The third kappa shape index (κ3) is 11.6. The van der Waals surface area contributed by atoms with Crippen molar-refractivity contribution in [2.75, 3.05) is 28.6 Å². The fourth-order valence-corrected chi connectivity index (χ4v) is 9.92. The molecular formula is C44H50N4Na2O8S. The minimum atomic E-state index is -3.99. The second-order valence-electron chi connectivity index (χ2n) is 15.3. The molecule has 2 saturated carbocycles. The summed E-state index contributed by atoms with van der Waals surface area (Å²) in [5, 5.41) is 24.5. The Labute approximate surface area is 389 Å². The number of aromatic carboxylic acids is 1. The molecular weight excluding hydrogens is 791 g/mol. The molecule has 0 unspecified atom stereocenters. The van der Waals surface area contributed by atoms with Gasteiger partial charge in [-0.1, -0.05) is 30.3 Å². The monoisotopic (exact) mass is 840 g/mol. The van der Waals surface area contributed by atoms with Crippen LogP contribution in [-0.2, 0) is 27.7 Å². The second-order valence-corrected chi connectivity index (χ2v) is 17.2. The Balaban J connectivity index is 0.00000331. The number of sulfonamides is 1. The van der Waals surface area contributed by atoms with E-state index in [2.05, 4.69) is 15.5 Å². The van der Waals surface area contributed by atoms with Gasteiger partial charge in [0.25, 0.3) is 11.8 Å². The molecule has 302 valence electrons.